The van der Waals surface area contributed by atoms with Crippen LogP contribution in [0.3, 0.4) is 0 Å². The van der Waals surface area contributed by atoms with E-state index >= 15 is 0 Å². The summed E-state index contributed by atoms with van der Waals surface area (Å²) >= 11 is 0. The number of halogens is 1. The van der Waals surface area contributed by atoms with E-state index in [1.54, 1.807) is 0 Å². The molecule has 0 aromatic heterocycles. The summed E-state index contributed by atoms with van der Waals surface area (Å²) in [5.74, 6) is 0.570. The molecule has 0 saturated heterocycles. The molecular weight excluding hydrogens is 313 g/mol. The summed E-state index contributed by atoms with van der Waals surface area (Å²) in [7, 11) is 0. The standard InChI is InChI=1S/C12H27N3.HI/c1-10(2)15-11(13)14-9-7-6-8-12(3,4)5;/h10H,6-9H2,1-5H3,(H3,13,14,15);1H. The van der Waals surface area contributed by atoms with Gasteiger partial charge in [-0.3, -0.25) is 4.99 Å². The van der Waals surface area contributed by atoms with Gasteiger partial charge in [0.25, 0.3) is 0 Å². The smallest absolute Gasteiger partial charge is 0.188 e. The van der Waals surface area contributed by atoms with Crippen LogP contribution < -0.4 is 11.1 Å². The van der Waals surface area contributed by atoms with Crippen molar-refractivity contribution in [1.29, 1.82) is 0 Å². The highest BCUT2D eigenvalue weighted by atomic mass is 127. The molecule has 3 nitrogen and oxygen atoms in total. The lowest BCUT2D eigenvalue weighted by molar-refractivity contribution is 0.361. The predicted molar refractivity (Wildman–Crippen MR) is 83.5 cm³/mol. The van der Waals surface area contributed by atoms with E-state index in [0.29, 0.717) is 17.4 Å². The summed E-state index contributed by atoms with van der Waals surface area (Å²) in [5.41, 5.74) is 6.12. The molecule has 0 saturated carbocycles. The lowest BCUT2D eigenvalue weighted by Gasteiger charge is -2.17. The molecule has 4 heteroatoms. The summed E-state index contributed by atoms with van der Waals surface area (Å²) in [5, 5.41) is 3.08. The van der Waals surface area contributed by atoms with Gasteiger partial charge in [-0.15, -0.1) is 24.0 Å². The van der Waals surface area contributed by atoms with E-state index in [1.165, 1.54) is 12.8 Å². The Labute approximate surface area is 118 Å². The zero-order valence-electron chi connectivity index (χ0n) is 11.3. The van der Waals surface area contributed by atoms with Crippen molar-refractivity contribution in [2.75, 3.05) is 6.54 Å². The number of nitrogens with two attached hydrogens (primary N) is 1. The fourth-order valence-corrected chi connectivity index (χ4v) is 1.31. The van der Waals surface area contributed by atoms with E-state index in [9.17, 15) is 0 Å². The van der Waals surface area contributed by atoms with E-state index < -0.39 is 0 Å². The molecule has 0 aliphatic rings. The molecule has 0 unspecified atom stereocenters. The molecule has 0 aliphatic carbocycles. The van der Waals surface area contributed by atoms with Gasteiger partial charge >= 0.3 is 0 Å². The number of hydrogen-bond acceptors (Lipinski definition) is 1. The van der Waals surface area contributed by atoms with Crippen molar-refractivity contribution in [1.82, 2.24) is 5.32 Å². The second-order valence-electron chi connectivity index (χ2n) is 5.58. The molecule has 0 aliphatic heterocycles. The third kappa shape index (κ3) is 14.0. The Kier molecular flexibility index (Phi) is 10.4. The van der Waals surface area contributed by atoms with Crippen LogP contribution in [0, 0.1) is 5.41 Å². The third-order valence-corrected chi connectivity index (χ3v) is 2.05. The molecule has 0 fully saturated rings. The van der Waals surface area contributed by atoms with Crippen molar-refractivity contribution in [3.63, 3.8) is 0 Å². The third-order valence-electron chi connectivity index (χ3n) is 2.05. The monoisotopic (exact) mass is 341 g/mol. The predicted octanol–water partition coefficient (Wildman–Crippen LogP) is 3.13. The average molecular weight is 341 g/mol. The van der Waals surface area contributed by atoms with Gasteiger partial charge in [0.2, 0.25) is 0 Å². The van der Waals surface area contributed by atoms with Crippen LogP contribution in [-0.2, 0) is 0 Å². The van der Waals surface area contributed by atoms with Crippen molar-refractivity contribution >= 4 is 29.9 Å². The van der Waals surface area contributed by atoms with Crippen LogP contribution in [0.2, 0.25) is 0 Å². The number of unbranched alkanes of at least 4 members (excludes halogenated alkanes) is 1. The SMILES string of the molecule is CC(C)NC(N)=NCCCCC(C)(C)C.I. The van der Waals surface area contributed by atoms with Crippen molar-refractivity contribution in [2.24, 2.45) is 16.1 Å². The topological polar surface area (TPSA) is 50.4 Å². The van der Waals surface area contributed by atoms with E-state index in [0.717, 1.165) is 13.0 Å². The van der Waals surface area contributed by atoms with Gasteiger partial charge in [0.15, 0.2) is 5.96 Å². The van der Waals surface area contributed by atoms with Gasteiger partial charge in [-0.2, -0.15) is 0 Å². The van der Waals surface area contributed by atoms with Crippen LogP contribution in [0.4, 0.5) is 0 Å². The van der Waals surface area contributed by atoms with E-state index in [2.05, 4.69) is 44.9 Å². The Balaban J connectivity index is 0. The average Bonchev–Trinajstić information content (AvgIpc) is 1.99. The lowest BCUT2D eigenvalue weighted by atomic mass is 9.90. The molecular formula is C12H28IN3. The van der Waals surface area contributed by atoms with Gasteiger partial charge in [0.1, 0.15) is 0 Å². The van der Waals surface area contributed by atoms with Gasteiger partial charge in [0, 0.05) is 12.6 Å². The van der Waals surface area contributed by atoms with E-state index in [4.69, 9.17) is 5.73 Å². The maximum absolute atomic E-state index is 5.68. The summed E-state index contributed by atoms with van der Waals surface area (Å²) in [4.78, 5) is 4.27. The zero-order chi connectivity index (χ0) is 11.9. The first kappa shape index (κ1) is 18.4. The van der Waals surface area contributed by atoms with E-state index in [1.807, 2.05) is 0 Å². The summed E-state index contributed by atoms with van der Waals surface area (Å²) in [6.45, 7) is 11.8. The molecule has 98 valence electrons. The zero-order valence-corrected chi connectivity index (χ0v) is 13.7. The molecule has 0 radical (unpaired) electrons. The molecule has 0 rings (SSSR count). The minimum atomic E-state index is 0. The Morgan fingerprint density at radius 3 is 2.25 bits per heavy atom. The highest BCUT2D eigenvalue weighted by Crippen LogP contribution is 2.21. The summed E-state index contributed by atoms with van der Waals surface area (Å²) < 4.78 is 0. The van der Waals surface area contributed by atoms with Crippen molar-refractivity contribution in [3.05, 3.63) is 0 Å². The van der Waals surface area contributed by atoms with Crippen LogP contribution in [0.5, 0.6) is 0 Å². The maximum atomic E-state index is 5.68. The van der Waals surface area contributed by atoms with Crippen LogP contribution in [-0.4, -0.2) is 18.5 Å². The molecule has 16 heavy (non-hydrogen) atoms. The van der Waals surface area contributed by atoms with E-state index in [-0.39, 0.29) is 24.0 Å². The number of nitrogens with zero attached hydrogens (tertiary/aromatic N) is 1. The molecule has 0 amide bonds. The van der Waals surface area contributed by atoms with Gasteiger partial charge in [-0.25, -0.2) is 0 Å². The second-order valence-corrected chi connectivity index (χ2v) is 5.58. The van der Waals surface area contributed by atoms with Gasteiger partial charge < -0.3 is 11.1 Å². The number of rotatable bonds is 5. The minimum Gasteiger partial charge on any atom is -0.370 e. The first-order chi connectivity index (χ1) is 6.81. The fourth-order valence-electron chi connectivity index (χ4n) is 1.31. The van der Waals surface area contributed by atoms with Crippen LogP contribution in [0.1, 0.15) is 53.9 Å². The largest absolute Gasteiger partial charge is 0.370 e. The van der Waals surface area contributed by atoms with Crippen molar-refractivity contribution < 1.29 is 0 Å². The molecule has 0 bridgehead atoms. The number of nitrogens with one attached hydrogen (secondary N) is 1. The second kappa shape index (κ2) is 9.07. The van der Waals surface area contributed by atoms with Gasteiger partial charge in [-0.1, -0.05) is 27.2 Å². The number of hydrogen-bond donors (Lipinski definition) is 2. The molecule has 0 heterocycles. The Morgan fingerprint density at radius 2 is 1.81 bits per heavy atom. The first-order valence-corrected chi connectivity index (χ1v) is 5.88. The van der Waals surface area contributed by atoms with Gasteiger partial charge in [-0.05, 0) is 32.1 Å². The van der Waals surface area contributed by atoms with Crippen molar-refractivity contribution in [2.45, 2.75) is 59.9 Å². The normalized spacial score (nSPS) is 12.5. The first-order valence-electron chi connectivity index (χ1n) is 5.88. The van der Waals surface area contributed by atoms with Crippen molar-refractivity contribution in [3.8, 4) is 0 Å². The minimum absolute atomic E-state index is 0. The highest BCUT2D eigenvalue weighted by Gasteiger charge is 2.08. The summed E-state index contributed by atoms with van der Waals surface area (Å²) in [6, 6.07) is 0.364. The molecule has 0 atom stereocenters. The number of aliphatic imine (C=N–C) groups is 1. The molecule has 3 N–H and O–H groups in total. The van der Waals surface area contributed by atoms with Crippen LogP contribution in [0.25, 0.3) is 0 Å². The maximum Gasteiger partial charge on any atom is 0.188 e. The fraction of sp³-hybridized carbons (Fsp3) is 0.917. The Morgan fingerprint density at radius 1 is 1.25 bits per heavy atom. The highest BCUT2D eigenvalue weighted by molar-refractivity contribution is 14.0. The van der Waals surface area contributed by atoms with Crippen LogP contribution >= 0.6 is 24.0 Å². The molecule has 0 aromatic rings. The Bertz CT molecular complexity index is 195. The number of guanidine groups is 1. The van der Waals surface area contributed by atoms with Gasteiger partial charge in [0.05, 0.1) is 0 Å². The molecule has 0 spiro atoms. The summed E-state index contributed by atoms with van der Waals surface area (Å²) in [6.07, 6.45) is 3.60. The quantitative estimate of drug-likeness (QED) is 0.349. The molecule has 0 aromatic carbocycles. The van der Waals surface area contributed by atoms with Crippen LogP contribution in [0.15, 0.2) is 4.99 Å². The lowest BCUT2D eigenvalue weighted by Crippen LogP contribution is -2.36. The Hall–Kier alpha value is 0.